The van der Waals surface area contributed by atoms with Gasteiger partial charge in [-0.25, -0.2) is 9.80 Å². The monoisotopic (exact) mass is 1020 g/mol. The zero-order chi connectivity index (χ0) is 54.7. The average molecular weight is 1020 g/mol. The number of Topliss-reactive ketones (excluding diaryl/α,β-unsaturated/α-hetero) is 1. The topological polar surface area (TPSA) is 409 Å². The Balaban J connectivity index is 0.000000924. The number of guanidine groups is 1. The van der Waals surface area contributed by atoms with Crippen LogP contribution in [0.15, 0.2) is 57.7 Å². The average Bonchev–Trinajstić information content (AvgIpc) is 3.83. The Labute approximate surface area is 419 Å². The number of carbonyl (C=O) groups is 7. The summed E-state index contributed by atoms with van der Waals surface area (Å²) in [5.74, 6) is -5.33. The molecule has 2 aromatic carbocycles. The summed E-state index contributed by atoms with van der Waals surface area (Å²) >= 11 is 0. The lowest BCUT2D eigenvalue weighted by Crippen LogP contribution is -2.59. The number of hydrazine groups is 1. The van der Waals surface area contributed by atoms with Crippen LogP contribution in [0, 0.1) is 43.4 Å². The Hall–Kier alpha value is -8.23. The van der Waals surface area contributed by atoms with Crippen molar-refractivity contribution in [2.75, 3.05) is 32.2 Å². The largest absolute Gasteiger partial charge is 0.497 e. The van der Waals surface area contributed by atoms with Gasteiger partial charge in [0.1, 0.15) is 47.0 Å². The van der Waals surface area contributed by atoms with Gasteiger partial charge < -0.3 is 52.5 Å². The first-order chi connectivity index (χ1) is 34.3. The second-order valence-electron chi connectivity index (χ2n) is 18.0. The van der Waals surface area contributed by atoms with E-state index in [-0.39, 0.29) is 73.8 Å². The number of ether oxygens (including phenoxy) is 1. The van der Waals surface area contributed by atoms with E-state index in [1.54, 1.807) is 33.1 Å². The number of carbonyl (C=O) groups excluding carboxylic acids is 7. The van der Waals surface area contributed by atoms with Crippen LogP contribution in [-0.2, 0) is 33.6 Å². The van der Waals surface area contributed by atoms with E-state index in [9.17, 15) is 58.6 Å². The minimum Gasteiger partial charge on any atom is -0.497 e. The summed E-state index contributed by atoms with van der Waals surface area (Å²) in [4.78, 5) is 124. The molecular formula is C46H65N13O14. The lowest BCUT2D eigenvalue weighted by atomic mass is 10.00. The SMILES string of the molecule is CC(=O)C1CN[C@H](C(=O)N[C@@H](CC(C)C)C(=O)NCC(=O)N[C@@H](CC(C)C)C(=O)N(Nc2ccc([N+](=O)[O-])cc2[N+](=O)[O-])[C@@H](C)C(=O)N[C@@H](CCCNC(=N)N)C(N)=O)C1.COc1ccc2ccc(=O)oc2c1. The second kappa shape index (κ2) is 28.0. The number of rotatable bonds is 25. The van der Waals surface area contributed by atoms with Crippen molar-refractivity contribution < 1.29 is 52.6 Å². The maximum absolute atomic E-state index is 14.4. The lowest BCUT2D eigenvalue weighted by molar-refractivity contribution is -0.393. The van der Waals surface area contributed by atoms with E-state index in [4.69, 9.17) is 26.0 Å². The number of benzene rings is 2. The molecule has 1 fully saturated rings. The molecule has 1 aromatic heterocycles. The van der Waals surface area contributed by atoms with Crippen molar-refractivity contribution in [3.05, 3.63) is 79.2 Å². The minimum atomic E-state index is -1.59. The summed E-state index contributed by atoms with van der Waals surface area (Å²) in [6, 6.07) is 4.96. The fourth-order valence-corrected chi connectivity index (χ4v) is 7.36. The lowest BCUT2D eigenvalue weighted by Gasteiger charge is -2.33. The van der Waals surface area contributed by atoms with E-state index in [1.165, 1.54) is 19.9 Å². The third-order valence-electron chi connectivity index (χ3n) is 11.2. The number of hydrogen-bond acceptors (Lipinski definition) is 17. The number of methoxy groups -OCH3 is 1. The van der Waals surface area contributed by atoms with Gasteiger partial charge in [-0.15, -0.1) is 0 Å². The Morgan fingerprint density at radius 2 is 1.52 bits per heavy atom. The fraction of sp³-hybridized carbons (Fsp3) is 0.500. The quantitative estimate of drug-likeness (QED) is 0.0140. The first kappa shape index (κ1) is 59.1. The van der Waals surface area contributed by atoms with Crippen LogP contribution in [0.4, 0.5) is 17.1 Å². The van der Waals surface area contributed by atoms with Gasteiger partial charge in [0, 0.05) is 42.6 Å². The molecule has 0 spiro atoms. The van der Waals surface area contributed by atoms with Crippen LogP contribution in [0.25, 0.3) is 11.0 Å². The number of hydrogen-bond donors (Lipinski definition) is 10. The standard InChI is InChI=1S/C36H57N13O11.C10H8O3/c1-18(2)12-27(45-34(55)26-14-22(16-41-26)21(6)50)33(54)42-17-30(51)43-28(13-19(3)4)35(56)47(46-24-10-9-23(48(57)58)15-29(24)49(59)60)20(5)32(53)44-25(31(37)52)8-7-11-40-36(38)39;1-12-8-4-2-7-3-5-10(11)13-9(7)6-8/h9-10,15,18-20,22,25-28,41,46H,7-8,11-14,16-17H2,1-6H3,(H2,37,52)(H,42,54)(H,43,51)(H,44,53)(H,45,55)(H4,38,39,40);2-6H,1H3/t20-,22?,25-,26-,27-,28-;/m0./s1. The highest BCUT2D eigenvalue weighted by Crippen LogP contribution is 2.30. The van der Waals surface area contributed by atoms with Gasteiger partial charge in [-0.2, -0.15) is 0 Å². The molecule has 6 amide bonds. The maximum atomic E-state index is 14.4. The van der Waals surface area contributed by atoms with Crippen LogP contribution in [0.1, 0.15) is 73.6 Å². The summed E-state index contributed by atoms with van der Waals surface area (Å²) in [5.41, 5.74) is 11.6. The predicted octanol–water partition coefficient (Wildman–Crippen LogP) is 0.827. The molecular weight excluding hydrogens is 959 g/mol. The number of fused-ring (bicyclic) bond motifs is 1. The van der Waals surface area contributed by atoms with Crippen molar-refractivity contribution in [1.82, 2.24) is 36.9 Å². The first-order valence-electron chi connectivity index (χ1n) is 23.2. The number of nitrogens with zero attached hydrogens (tertiary/aromatic N) is 3. The number of nitrogens with one attached hydrogen (secondary N) is 8. The van der Waals surface area contributed by atoms with Crippen molar-refractivity contribution in [2.45, 2.75) is 104 Å². The van der Waals surface area contributed by atoms with Gasteiger partial charge >= 0.3 is 11.3 Å². The van der Waals surface area contributed by atoms with Gasteiger partial charge in [-0.3, -0.25) is 64.6 Å². The van der Waals surface area contributed by atoms with E-state index < -0.39 is 99.1 Å². The molecule has 6 atom stereocenters. The Bertz CT molecular complexity index is 2570. The smallest absolute Gasteiger partial charge is 0.336 e. The van der Waals surface area contributed by atoms with Crippen molar-refractivity contribution >= 4 is 75.2 Å². The van der Waals surface area contributed by atoms with Crippen LogP contribution >= 0.6 is 0 Å². The molecule has 3 aromatic rings. The highest BCUT2D eigenvalue weighted by Gasteiger charge is 2.37. The normalized spacial score (nSPS) is 15.5. The van der Waals surface area contributed by atoms with E-state index >= 15 is 0 Å². The number of nitro benzene ring substituents is 2. The minimum absolute atomic E-state index is 0.0134. The predicted molar refractivity (Wildman–Crippen MR) is 265 cm³/mol. The summed E-state index contributed by atoms with van der Waals surface area (Å²) in [6.07, 6.45) is 0.626. The van der Waals surface area contributed by atoms with Gasteiger partial charge in [0.2, 0.25) is 29.5 Å². The molecule has 0 aliphatic carbocycles. The molecule has 1 unspecified atom stereocenters. The van der Waals surface area contributed by atoms with Crippen molar-refractivity contribution in [1.29, 1.82) is 5.41 Å². The van der Waals surface area contributed by atoms with Crippen molar-refractivity contribution in [3.8, 4) is 5.75 Å². The van der Waals surface area contributed by atoms with Crippen LogP contribution < -0.4 is 59.2 Å². The molecule has 27 heteroatoms. The molecule has 1 aliphatic heterocycles. The number of primary amides is 1. The summed E-state index contributed by atoms with van der Waals surface area (Å²) in [5, 5.41) is 47.9. The molecule has 4 rings (SSSR count). The molecule has 1 aliphatic rings. The Morgan fingerprint density at radius 1 is 0.863 bits per heavy atom. The highest BCUT2D eigenvalue weighted by atomic mass is 16.6. The maximum Gasteiger partial charge on any atom is 0.336 e. The van der Waals surface area contributed by atoms with E-state index in [1.807, 2.05) is 26.0 Å². The summed E-state index contributed by atoms with van der Waals surface area (Å²) in [7, 11) is 1.57. The highest BCUT2D eigenvalue weighted by molar-refractivity contribution is 5.96. The van der Waals surface area contributed by atoms with Crippen molar-refractivity contribution in [2.24, 2.45) is 29.2 Å². The number of nitrogens with two attached hydrogens (primary N) is 2. The van der Waals surface area contributed by atoms with E-state index in [0.717, 1.165) is 17.5 Å². The van der Waals surface area contributed by atoms with Crippen LogP contribution in [0.3, 0.4) is 0 Å². The fourth-order valence-electron chi connectivity index (χ4n) is 7.36. The summed E-state index contributed by atoms with van der Waals surface area (Å²) < 4.78 is 9.97. The number of anilines is 1. The zero-order valence-corrected chi connectivity index (χ0v) is 41.6. The number of nitro groups is 2. The van der Waals surface area contributed by atoms with Crippen LogP contribution in [0.5, 0.6) is 5.75 Å². The molecule has 2 heterocycles. The van der Waals surface area contributed by atoms with Gasteiger partial charge in [0.25, 0.3) is 11.6 Å². The molecule has 0 bridgehead atoms. The first-order valence-corrected chi connectivity index (χ1v) is 23.2. The molecule has 73 heavy (non-hydrogen) atoms. The van der Waals surface area contributed by atoms with Crippen LogP contribution in [0.2, 0.25) is 0 Å². The third kappa shape index (κ3) is 18.8. The van der Waals surface area contributed by atoms with Gasteiger partial charge in [0.15, 0.2) is 5.96 Å². The Morgan fingerprint density at radius 3 is 2.10 bits per heavy atom. The molecule has 12 N–H and O–H groups in total. The van der Waals surface area contributed by atoms with Gasteiger partial charge in [-0.05, 0) is 82.1 Å². The van der Waals surface area contributed by atoms with E-state index in [0.29, 0.717) is 29.0 Å². The molecule has 0 radical (unpaired) electrons. The zero-order valence-electron chi connectivity index (χ0n) is 41.6. The number of amides is 6. The van der Waals surface area contributed by atoms with Crippen molar-refractivity contribution in [3.63, 3.8) is 0 Å². The number of ketones is 1. The summed E-state index contributed by atoms with van der Waals surface area (Å²) in [6.45, 7) is 9.57. The number of non-ortho nitro benzene ring substituents is 1. The molecule has 1 saturated heterocycles. The second-order valence-corrected chi connectivity index (χ2v) is 18.0. The van der Waals surface area contributed by atoms with Gasteiger partial charge in [-0.1, -0.05) is 27.7 Å². The van der Waals surface area contributed by atoms with Crippen LogP contribution in [-0.4, -0.2) is 119 Å². The Kier molecular flexibility index (Phi) is 22.6. The molecule has 398 valence electrons. The third-order valence-corrected chi connectivity index (χ3v) is 11.2. The van der Waals surface area contributed by atoms with Gasteiger partial charge in [0.05, 0.1) is 35.6 Å². The molecule has 0 saturated carbocycles. The van der Waals surface area contributed by atoms with E-state index in [2.05, 4.69) is 37.3 Å². The molecule has 27 nitrogen and oxygen atoms in total.